The van der Waals surface area contributed by atoms with Crippen molar-refractivity contribution in [1.29, 1.82) is 5.26 Å². The van der Waals surface area contributed by atoms with Gasteiger partial charge in [0, 0.05) is 9.80 Å². The fourth-order valence-corrected chi connectivity index (χ4v) is 3.06. The van der Waals surface area contributed by atoms with E-state index in [-0.39, 0.29) is 12.4 Å². The predicted octanol–water partition coefficient (Wildman–Crippen LogP) is 3.32. The number of hydrogen-bond acceptors (Lipinski definition) is 3. The fourth-order valence-electron chi connectivity index (χ4n) is 1.43. The van der Waals surface area contributed by atoms with Crippen molar-refractivity contribution in [1.82, 2.24) is 0 Å². The minimum Gasteiger partial charge on any atom is -0.466 e. The maximum absolute atomic E-state index is 11.4. The van der Waals surface area contributed by atoms with Gasteiger partial charge in [0.05, 0.1) is 18.6 Å². The lowest BCUT2D eigenvalue weighted by Gasteiger charge is -2.10. The Morgan fingerprint density at radius 3 is 2.76 bits per heavy atom. The summed E-state index contributed by atoms with van der Waals surface area (Å²) in [7, 11) is 0. The number of carbonyl (C=O) groups excluding carboxylic acids is 1. The lowest BCUT2D eigenvalue weighted by molar-refractivity contribution is -0.142. The van der Waals surface area contributed by atoms with Gasteiger partial charge in [-0.25, -0.2) is 0 Å². The number of esters is 1. The maximum atomic E-state index is 11.4. The second kappa shape index (κ2) is 6.77. The van der Waals surface area contributed by atoms with Crippen molar-refractivity contribution in [3.8, 4) is 6.07 Å². The largest absolute Gasteiger partial charge is 0.466 e. The molecule has 0 N–H and O–H groups in total. The third-order valence-electron chi connectivity index (χ3n) is 2.23. The Kier molecular flexibility index (Phi) is 5.66. The molecule has 0 saturated heterocycles. The van der Waals surface area contributed by atoms with Gasteiger partial charge in [-0.15, -0.1) is 0 Å². The predicted molar refractivity (Wildman–Crippen MR) is 71.8 cm³/mol. The first kappa shape index (κ1) is 14.2. The first-order valence-electron chi connectivity index (χ1n) is 5.06. The average molecular weight is 361 g/mol. The molecule has 1 aromatic rings. The minimum atomic E-state index is -0.258. The van der Waals surface area contributed by atoms with E-state index >= 15 is 0 Å². The van der Waals surface area contributed by atoms with Gasteiger partial charge in [-0.05, 0) is 40.0 Å². The molecule has 0 saturated carbocycles. The smallest absolute Gasteiger partial charge is 0.310 e. The van der Waals surface area contributed by atoms with Gasteiger partial charge >= 0.3 is 5.97 Å². The molecule has 0 fully saturated rings. The summed E-state index contributed by atoms with van der Waals surface area (Å²) < 4.78 is 5.64. The molecule has 1 rings (SSSR count). The highest BCUT2D eigenvalue weighted by atomic mass is 79.9. The number of nitriles is 1. The van der Waals surface area contributed by atoms with E-state index in [0.29, 0.717) is 17.5 Å². The zero-order valence-corrected chi connectivity index (χ0v) is 12.5. The van der Waals surface area contributed by atoms with Crippen molar-refractivity contribution >= 4 is 37.8 Å². The number of hydrogen-bond donors (Lipinski definition) is 0. The monoisotopic (exact) mass is 359 g/mol. The lowest BCUT2D eigenvalue weighted by atomic mass is 10.0. The molecule has 0 amide bonds. The van der Waals surface area contributed by atoms with Crippen LogP contribution in [0.25, 0.3) is 0 Å². The van der Waals surface area contributed by atoms with E-state index in [9.17, 15) is 4.79 Å². The van der Waals surface area contributed by atoms with E-state index in [4.69, 9.17) is 10.00 Å². The van der Waals surface area contributed by atoms with Crippen LogP contribution < -0.4 is 0 Å². The molecule has 90 valence electrons. The Morgan fingerprint density at radius 1 is 1.53 bits per heavy atom. The highest BCUT2D eigenvalue weighted by molar-refractivity contribution is 9.10. The molecule has 0 aromatic heterocycles. The summed E-state index contributed by atoms with van der Waals surface area (Å²) in [6, 6.07) is 5.58. The molecule has 0 aliphatic heterocycles. The van der Waals surface area contributed by atoms with Crippen molar-refractivity contribution in [3.63, 3.8) is 0 Å². The number of ether oxygens (including phenoxy) is 1. The molecular weight excluding hydrogens is 350 g/mol. The zero-order chi connectivity index (χ0) is 12.8. The molecule has 0 bridgehead atoms. The van der Waals surface area contributed by atoms with E-state index in [0.717, 1.165) is 15.6 Å². The second-order valence-electron chi connectivity index (χ2n) is 3.29. The fraction of sp³-hybridized carbons (Fsp3) is 0.333. The van der Waals surface area contributed by atoms with Crippen LogP contribution in [0.15, 0.2) is 16.6 Å². The van der Waals surface area contributed by atoms with E-state index < -0.39 is 0 Å². The van der Waals surface area contributed by atoms with Crippen molar-refractivity contribution in [2.24, 2.45) is 0 Å². The van der Waals surface area contributed by atoms with Gasteiger partial charge in [-0.2, -0.15) is 5.26 Å². The van der Waals surface area contributed by atoms with Crippen LogP contribution in [0.2, 0.25) is 0 Å². The normalized spacial score (nSPS) is 9.76. The minimum absolute atomic E-state index is 0.221. The van der Waals surface area contributed by atoms with Crippen LogP contribution in [-0.2, 0) is 21.3 Å². The molecule has 5 heteroatoms. The molecule has 0 aliphatic rings. The summed E-state index contributed by atoms with van der Waals surface area (Å²) in [5, 5.41) is 9.49. The van der Waals surface area contributed by atoms with Crippen LogP contribution in [0.4, 0.5) is 0 Å². The quantitative estimate of drug-likeness (QED) is 0.611. The number of benzene rings is 1. The summed E-state index contributed by atoms with van der Waals surface area (Å²) in [5.41, 5.74) is 2.34. The molecule has 0 unspecified atom stereocenters. The number of nitrogens with zero attached hydrogens (tertiary/aromatic N) is 1. The van der Waals surface area contributed by atoms with Gasteiger partial charge in [-0.1, -0.05) is 22.0 Å². The Bertz CT molecular complexity index is 466. The van der Waals surface area contributed by atoms with Gasteiger partial charge in [0.2, 0.25) is 0 Å². The van der Waals surface area contributed by atoms with Gasteiger partial charge < -0.3 is 4.74 Å². The first-order chi connectivity index (χ1) is 8.13. The van der Waals surface area contributed by atoms with Crippen molar-refractivity contribution in [3.05, 3.63) is 33.3 Å². The van der Waals surface area contributed by atoms with Gasteiger partial charge in [0.25, 0.3) is 0 Å². The van der Waals surface area contributed by atoms with E-state index in [1.807, 2.05) is 0 Å². The Labute approximate surface area is 117 Å². The molecule has 0 radical (unpaired) electrons. The first-order valence-corrected chi connectivity index (χ1v) is 6.97. The molecule has 0 heterocycles. The summed E-state index contributed by atoms with van der Waals surface area (Å²) in [4.78, 5) is 11.4. The van der Waals surface area contributed by atoms with E-state index in [1.54, 1.807) is 19.1 Å². The number of alkyl halides is 1. The average Bonchev–Trinajstić information content (AvgIpc) is 2.30. The van der Waals surface area contributed by atoms with E-state index in [2.05, 4.69) is 37.9 Å². The third kappa shape index (κ3) is 3.55. The van der Waals surface area contributed by atoms with Crippen LogP contribution in [0.5, 0.6) is 0 Å². The van der Waals surface area contributed by atoms with E-state index in [1.165, 1.54) is 0 Å². The number of rotatable bonds is 4. The van der Waals surface area contributed by atoms with Crippen LogP contribution in [0.3, 0.4) is 0 Å². The zero-order valence-electron chi connectivity index (χ0n) is 9.30. The van der Waals surface area contributed by atoms with Gasteiger partial charge in [0.1, 0.15) is 6.07 Å². The maximum Gasteiger partial charge on any atom is 0.310 e. The van der Waals surface area contributed by atoms with Crippen LogP contribution >= 0.6 is 31.9 Å². The number of carbonyl (C=O) groups is 1. The molecule has 0 atom stereocenters. The van der Waals surface area contributed by atoms with Crippen molar-refractivity contribution in [2.45, 2.75) is 18.7 Å². The lowest BCUT2D eigenvalue weighted by Crippen LogP contribution is -2.09. The van der Waals surface area contributed by atoms with Crippen molar-refractivity contribution < 1.29 is 9.53 Å². The van der Waals surface area contributed by atoms with Crippen LogP contribution in [0.1, 0.15) is 23.6 Å². The third-order valence-corrected chi connectivity index (χ3v) is 3.70. The van der Waals surface area contributed by atoms with Gasteiger partial charge in [0.15, 0.2) is 0 Å². The Hall–Kier alpha value is -0.860. The standard InChI is InChI=1S/C12H11Br2NO2/c1-2-17-11(16)5-8-3-4-9(7-15)12(14)10(8)6-13/h3-4H,2,5-6H2,1H3. The highest BCUT2D eigenvalue weighted by Crippen LogP contribution is 2.27. The summed E-state index contributed by atoms with van der Waals surface area (Å²) in [5.74, 6) is -0.258. The molecule has 17 heavy (non-hydrogen) atoms. The summed E-state index contributed by atoms with van der Waals surface area (Å²) in [6.07, 6.45) is 0.221. The SMILES string of the molecule is CCOC(=O)Cc1ccc(C#N)c(Br)c1CBr. The number of halogens is 2. The Morgan fingerprint density at radius 2 is 2.24 bits per heavy atom. The second-order valence-corrected chi connectivity index (χ2v) is 4.65. The summed E-state index contributed by atoms with van der Waals surface area (Å²) >= 11 is 6.74. The van der Waals surface area contributed by atoms with Crippen molar-refractivity contribution in [2.75, 3.05) is 6.61 Å². The topological polar surface area (TPSA) is 50.1 Å². The summed E-state index contributed by atoms with van der Waals surface area (Å²) in [6.45, 7) is 2.15. The molecule has 3 nitrogen and oxygen atoms in total. The van der Waals surface area contributed by atoms with Crippen LogP contribution in [0, 0.1) is 11.3 Å². The van der Waals surface area contributed by atoms with Gasteiger partial charge in [-0.3, -0.25) is 4.79 Å². The molecular formula is C12H11Br2NO2. The molecule has 0 aliphatic carbocycles. The Balaban J connectivity index is 3.05. The highest BCUT2D eigenvalue weighted by Gasteiger charge is 2.13. The molecule has 0 spiro atoms. The van der Waals surface area contributed by atoms with Crippen LogP contribution in [-0.4, -0.2) is 12.6 Å². The molecule has 1 aromatic carbocycles.